The van der Waals surface area contributed by atoms with Crippen molar-refractivity contribution in [2.75, 3.05) is 0 Å². The number of rotatable bonds is 4. The molecule has 1 N–H and O–H groups in total. The van der Waals surface area contributed by atoms with Crippen LogP contribution < -0.4 is 5.32 Å². The fourth-order valence-electron chi connectivity index (χ4n) is 1.58. The van der Waals surface area contributed by atoms with E-state index in [1.54, 1.807) is 45.9 Å². The van der Waals surface area contributed by atoms with Crippen molar-refractivity contribution in [3.8, 4) is 0 Å². The summed E-state index contributed by atoms with van der Waals surface area (Å²) in [6, 6.07) is 4.26. The first-order valence-electron chi connectivity index (χ1n) is 6.54. The van der Waals surface area contributed by atoms with Crippen LogP contribution in [-0.4, -0.2) is 23.5 Å². The second kappa shape index (κ2) is 7.14. The van der Waals surface area contributed by atoms with E-state index in [-0.39, 0.29) is 12.3 Å². The van der Waals surface area contributed by atoms with E-state index in [1.807, 2.05) is 0 Å². The summed E-state index contributed by atoms with van der Waals surface area (Å²) in [5.74, 6) is -0.753. The van der Waals surface area contributed by atoms with Crippen molar-refractivity contribution >= 4 is 35.1 Å². The molecule has 1 aromatic rings. The SMILES string of the molecule is C[C@H](NC(=O)Cc1ccc(Cl)c(Cl)c1)C(=O)OC(C)(C)C. The quantitative estimate of drug-likeness (QED) is 0.860. The maximum Gasteiger partial charge on any atom is 0.328 e. The summed E-state index contributed by atoms with van der Waals surface area (Å²) in [7, 11) is 0. The zero-order valence-corrected chi connectivity index (χ0v) is 14.0. The van der Waals surface area contributed by atoms with Gasteiger partial charge in [0.1, 0.15) is 11.6 Å². The second-order valence-electron chi connectivity index (χ2n) is 5.75. The highest BCUT2D eigenvalue weighted by Crippen LogP contribution is 2.22. The van der Waals surface area contributed by atoms with Crippen molar-refractivity contribution in [2.45, 2.75) is 45.8 Å². The fraction of sp³-hybridized carbons (Fsp3) is 0.467. The van der Waals surface area contributed by atoms with Crippen molar-refractivity contribution < 1.29 is 14.3 Å². The minimum atomic E-state index is -0.709. The van der Waals surface area contributed by atoms with E-state index in [9.17, 15) is 9.59 Å². The molecular weight excluding hydrogens is 313 g/mol. The molecule has 6 heteroatoms. The van der Waals surface area contributed by atoms with Gasteiger partial charge in [0.15, 0.2) is 0 Å². The molecule has 0 heterocycles. The Bertz CT molecular complexity index is 538. The third-order valence-corrected chi connectivity index (χ3v) is 3.23. The molecule has 0 aromatic heterocycles. The van der Waals surface area contributed by atoms with Crippen LogP contribution in [0, 0.1) is 0 Å². The van der Waals surface area contributed by atoms with Gasteiger partial charge in [-0.1, -0.05) is 29.3 Å². The Hall–Kier alpha value is -1.26. The summed E-state index contributed by atoms with van der Waals surface area (Å²) in [6.07, 6.45) is 0.115. The van der Waals surface area contributed by atoms with E-state index in [1.165, 1.54) is 0 Å². The predicted octanol–water partition coefficient (Wildman–Crippen LogP) is 3.38. The van der Waals surface area contributed by atoms with Gasteiger partial charge in [0, 0.05) is 0 Å². The summed E-state index contributed by atoms with van der Waals surface area (Å²) >= 11 is 11.7. The van der Waals surface area contributed by atoms with Crippen molar-refractivity contribution in [3.63, 3.8) is 0 Å². The topological polar surface area (TPSA) is 55.4 Å². The van der Waals surface area contributed by atoms with Crippen molar-refractivity contribution in [1.29, 1.82) is 0 Å². The smallest absolute Gasteiger partial charge is 0.328 e. The molecule has 0 aliphatic rings. The molecule has 0 fully saturated rings. The van der Waals surface area contributed by atoms with Crippen LogP contribution in [0.25, 0.3) is 0 Å². The van der Waals surface area contributed by atoms with E-state index in [0.717, 1.165) is 5.56 Å². The van der Waals surface area contributed by atoms with Gasteiger partial charge < -0.3 is 10.1 Å². The Morgan fingerprint density at radius 1 is 1.24 bits per heavy atom. The van der Waals surface area contributed by atoms with Gasteiger partial charge in [-0.2, -0.15) is 0 Å². The summed E-state index contributed by atoms with van der Waals surface area (Å²) in [5.41, 5.74) is 0.137. The molecule has 0 spiro atoms. The summed E-state index contributed by atoms with van der Waals surface area (Å²) < 4.78 is 5.19. The lowest BCUT2D eigenvalue weighted by molar-refractivity contribution is -0.158. The minimum absolute atomic E-state index is 0.115. The number of hydrogen-bond acceptors (Lipinski definition) is 3. The highest BCUT2D eigenvalue weighted by Gasteiger charge is 2.22. The van der Waals surface area contributed by atoms with Gasteiger partial charge in [0.05, 0.1) is 16.5 Å². The Kier molecular flexibility index (Phi) is 6.05. The zero-order valence-electron chi connectivity index (χ0n) is 12.5. The van der Waals surface area contributed by atoms with Crippen LogP contribution in [0.15, 0.2) is 18.2 Å². The predicted molar refractivity (Wildman–Crippen MR) is 83.6 cm³/mol. The first kappa shape index (κ1) is 17.8. The molecule has 1 atom stereocenters. The van der Waals surface area contributed by atoms with Crippen molar-refractivity contribution in [3.05, 3.63) is 33.8 Å². The van der Waals surface area contributed by atoms with Crippen LogP contribution in [-0.2, 0) is 20.7 Å². The van der Waals surface area contributed by atoms with Gasteiger partial charge in [-0.3, -0.25) is 4.79 Å². The third-order valence-electron chi connectivity index (χ3n) is 2.49. The number of amides is 1. The lowest BCUT2D eigenvalue weighted by Crippen LogP contribution is -2.42. The van der Waals surface area contributed by atoms with Crippen LogP contribution in [0.3, 0.4) is 0 Å². The molecule has 1 rings (SSSR count). The van der Waals surface area contributed by atoms with E-state index < -0.39 is 17.6 Å². The Morgan fingerprint density at radius 2 is 1.86 bits per heavy atom. The number of nitrogens with one attached hydrogen (secondary N) is 1. The Labute approximate surface area is 134 Å². The molecule has 0 saturated carbocycles. The van der Waals surface area contributed by atoms with Crippen LogP contribution in [0.5, 0.6) is 0 Å². The molecule has 0 unspecified atom stereocenters. The van der Waals surface area contributed by atoms with Crippen LogP contribution in [0.4, 0.5) is 0 Å². The normalized spacial score (nSPS) is 12.7. The standard InChI is InChI=1S/C15H19Cl2NO3/c1-9(14(20)21-15(2,3)4)18-13(19)8-10-5-6-11(16)12(17)7-10/h5-7,9H,8H2,1-4H3,(H,18,19)/t9-/m0/s1. The first-order chi connectivity index (χ1) is 9.58. The monoisotopic (exact) mass is 331 g/mol. The van der Waals surface area contributed by atoms with Crippen molar-refractivity contribution in [1.82, 2.24) is 5.32 Å². The van der Waals surface area contributed by atoms with E-state index in [0.29, 0.717) is 10.0 Å². The maximum absolute atomic E-state index is 11.9. The number of ether oxygens (including phenoxy) is 1. The Balaban J connectivity index is 2.57. The number of halogens is 2. The van der Waals surface area contributed by atoms with Gasteiger partial charge in [-0.15, -0.1) is 0 Å². The number of carbonyl (C=O) groups excluding carboxylic acids is 2. The van der Waals surface area contributed by atoms with Crippen LogP contribution >= 0.6 is 23.2 Å². The second-order valence-corrected chi connectivity index (χ2v) is 6.56. The molecular formula is C15H19Cl2NO3. The number of hydrogen-bond donors (Lipinski definition) is 1. The molecule has 0 saturated heterocycles. The van der Waals surface area contributed by atoms with Gasteiger partial charge in [0.25, 0.3) is 0 Å². The first-order valence-corrected chi connectivity index (χ1v) is 7.30. The zero-order chi connectivity index (χ0) is 16.2. The maximum atomic E-state index is 11.9. The molecule has 116 valence electrons. The van der Waals surface area contributed by atoms with Crippen LogP contribution in [0.2, 0.25) is 10.0 Å². The largest absolute Gasteiger partial charge is 0.458 e. The molecule has 0 bridgehead atoms. The van der Waals surface area contributed by atoms with Gasteiger partial charge in [-0.05, 0) is 45.4 Å². The number of carbonyl (C=O) groups is 2. The number of benzene rings is 1. The minimum Gasteiger partial charge on any atom is -0.458 e. The summed E-state index contributed by atoms with van der Waals surface area (Å²) in [6.45, 7) is 6.90. The van der Waals surface area contributed by atoms with E-state index >= 15 is 0 Å². The highest BCUT2D eigenvalue weighted by atomic mass is 35.5. The fourth-order valence-corrected chi connectivity index (χ4v) is 1.90. The Morgan fingerprint density at radius 3 is 2.38 bits per heavy atom. The van der Waals surface area contributed by atoms with Gasteiger partial charge in [-0.25, -0.2) is 4.79 Å². The lowest BCUT2D eigenvalue weighted by Gasteiger charge is -2.22. The van der Waals surface area contributed by atoms with Gasteiger partial charge >= 0.3 is 5.97 Å². The highest BCUT2D eigenvalue weighted by molar-refractivity contribution is 6.42. The van der Waals surface area contributed by atoms with Crippen molar-refractivity contribution in [2.24, 2.45) is 0 Å². The number of esters is 1. The molecule has 1 aromatic carbocycles. The average Bonchev–Trinajstić information content (AvgIpc) is 2.31. The molecule has 21 heavy (non-hydrogen) atoms. The summed E-state index contributed by atoms with van der Waals surface area (Å²) in [4.78, 5) is 23.7. The molecule has 1 amide bonds. The summed E-state index contributed by atoms with van der Waals surface area (Å²) in [5, 5.41) is 3.42. The van der Waals surface area contributed by atoms with Gasteiger partial charge in [0.2, 0.25) is 5.91 Å². The van der Waals surface area contributed by atoms with Crippen LogP contribution in [0.1, 0.15) is 33.3 Å². The lowest BCUT2D eigenvalue weighted by atomic mass is 10.1. The molecule has 0 aliphatic carbocycles. The molecule has 0 aliphatic heterocycles. The molecule has 0 radical (unpaired) electrons. The molecule has 4 nitrogen and oxygen atoms in total. The third kappa shape index (κ3) is 6.36. The van der Waals surface area contributed by atoms with E-state index in [2.05, 4.69) is 5.32 Å². The van der Waals surface area contributed by atoms with E-state index in [4.69, 9.17) is 27.9 Å². The average molecular weight is 332 g/mol.